The minimum atomic E-state index is -1.61. The van der Waals surface area contributed by atoms with E-state index in [9.17, 15) is 35.1 Å². The monoisotopic (exact) mass is 1090 g/mol. The summed E-state index contributed by atoms with van der Waals surface area (Å²) < 4.78 is 17.6. The van der Waals surface area contributed by atoms with Crippen molar-refractivity contribution in [1.82, 2.24) is 5.32 Å². The lowest BCUT2D eigenvalue weighted by molar-refractivity contribution is -0.305. The van der Waals surface area contributed by atoms with Crippen LogP contribution in [-0.4, -0.2) is 99.6 Å². The van der Waals surface area contributed by atoms with Gasteiger partial charge in [0.15, 0.2) is 12.4 Å². The normalized spacial score (nSPS) is 19.3. The fourth-order valence-corrected chi connectivity index (χ4v) is 10.0. The predicted octanol–water partition coefficient (Wildman–Crippen LogP) is 15.6. The average molecular weight is 1090 g/mol. The molecule has 0 saturated carbocycles. The highest BCUT2D eigenvalue weighted by atomic mass is 16.7. The van der Waals surface area contributed by atoms with Crippen LogP contribution in [-0.2, 0) is 23.8 Å². The van der Waals surface area contributed by atoms with Crippen molar-refractivity contribution in [1.29, 1.82) is 0 Å². The number of carbonyl (C=O) groups is 2. The number of nitrogens with one attached hydrogen (secondary N) is 1. The Balaban J connectivity index is 2.63. The van der Waals surface area contributed by atoms with Crippen molar-refractivity contribution in [2.45, 2.75) is 346 Å². The van der Waals surface area contributed by atoms with Gasteiger partial charge >= 0.3 is 5.97 Å². The minimum Gasteiger partial charge on any atom is -0.454 e. The van der Waals surface area contributed by atoms with Gasteiger partial charge in [-0.1, -0.05) is 256 Å². The molecule has 1 fully saturated rings. The third-order valence-corrected chi connectivity index (χ3v) is 15.2. The van der Waals surface area contributed by atoms with Crippen molar-refractivity contribution in [3.63, 3.8) is 0 Å². The zero-order valence-electron chi connectivity index (χ0n) is 49.8. The van der Waals surface area contributed by atoms with Gasteiger partial charge in [0.1, 0.15) is 24.4 Å². The van der Waals surface area contributed by atoms with E-state index in [1.807, 2.05) is 6.08 Å². The Hall–Kier alpha value is -2.38. The molecule has 0 bridgehead atoms. The zero-order valence-corrected chi connectivity index (χ0v) is 49.8. The highest BCUT2D eigenvalue weighted by Gasteiger charge is 2.47. The van der Waals surface area contributed by atoms with E-state index in [-0.39, 0.29) is 19.4 Å². The number of amides is 1. The van der Waals surface area contributed by atoms with Gasteiger partial charge in [0, 0.05) is 6.42 Å². The molecule has 1 aliphatic heterocycles. The molecule has 11 heteroatoms. The van der Waals surface area contributed by atoms with Crippen molar-refractivity contribution in [3.8, 4) is 0 Å². The topological polar surface area (TPSA) is 175 Å². The highest BCUT2D eigenvalue weighted by molar-refractivity contribution is 5.80. The summed E-state index contributed by atoms with van der Waals surface area (Å²) in [6.07, 6.45) is 55.7. The van der Waals surface area contributed by atoms with Crippen molar-refractivity contribution in [2.24, 2.45) is 0 Å². The molecule has 0 radical (unpaired) electrons. The number of hydrogen-bond donors (Lipinski definition) is 6. The van der Waals surface area contributed by atoms with E-state index in [1.54, 1.807) is 6.08 Å². The van der Waals surface area contributed by atoms with Gasteiger partial charge in [-0.3, -0.25) is 9.59 Å². The van der Waals surface area contributed by atoms with Crippen LogP contribution in [0.15, 0.2) is 48.6 Å². The van der Waals surface area contributed by atoms with Crippen molar-refractivity contribution in [2.75, 3.05) is 13.2 Å². The summed E-state index contributed by atoms with van der Waals surface area (Å²) in [5.74, 6) is -1.19. The molecular formula is C66H121NO10. The summed E-state index contributed by atoms with van der Waals surface area (Å²) in [4.78, 5) is 26.6. The lowest BCUT2D eigenvalue weighted by Crippen LogP contribution is -2.61. The number of aliphatic hydroxyl groups excluding tert-OH is 5. The Kier molecular flexibility index (Phi) is 51.1. The Bertz CT molecular complexity index is 1440. The maximum Gasteiger partial charge on any atom is 0.306 e. The fourth-order valence-electron chi connectivity index (χ4n) is 10.0. The van der Waals surface area contributed by atoms with Gasteiger partial charge in [0.2, 0.25) is 5.91 Å². The van der Waals surface area contributed by atoms with E-state index in [2.05, 4.69) is 62.5 Å². The summed E-state index contributed by atoms with van der Waals surface area (Å²) >= 11 is 0. The van der Waals surface area contributed by atoms with Crippen LogP contribution in [0.3, 0.4) is 0 Å². The van der Waals surface area contributed by atoms with Gasteiger partial charge in [0.05, 0.1) is 25.4 Å². The third kappa shape index (κ3) is 42.2. The molecule has 0 aromatic carbocycles. The first-order chi connectivity index (χ1) is 37.7. The quantitative estimate of drug-likeness (QED) is 0.0195. The molecule has 450 valence electrons. The number of aliphatic hydroxyl groups is 5. The molecule has 8 atom stereocenters. The van der Waals surface area contributed by atoms with Gasteiger partial charge in [0.25, 0.3) is 0 Å². The molecule has 1 aliphatic rings. The molecule has 0 aromatic heterocycles. The Morgan fingerprint density at radius 2 is 0.896 bits per heavy atom. The molecule has 0 aliphatic carbocycles. The second kappa shape index (κ2) is 54.2. The molecule has 1 rings (SSSR count). The minimum absolute atomic E-state index is 0.119. The van der Waals surface area contributed by atoms with E-state index in [0.717, 1.165) is 83.5 Å². The second-order valence-electron chi connectivity index (χ2n) is 22.5. The fraction of sp³-hybridized carbons (Fsp3) is 0.848. The summed E-state index contributed by atoms with van der Waals surface area (Å²) in [5, 5.41) is 57.0. The molecule has 0 aromatic rings. The van der Waals surface area contributed by atoms with E-state index in [4.69, 9.17) is 14.2 Å². The zero-order chi connectivity index (χ0) is 56.1. The van der Waals surface area contributed by atoms with Crippen LogP contribution in [0.1, 0.15) is 297 Å². The molecule has 0 spiro atoms. The Morgan fingerprint density at radius 1 is 0.506 bits per heavy atom. The highest BCUT2D eigenvalue weighted by Crippen LogP contribution is 2.26. The van der Waals surface area contributed by atoms with Crippen LogP contribution < -0.4 is 5.32 Å². The number of allylic oxidation sites excluding steroid dienone is 7. The largest absolute Gasteiger partial charge is 0.454 e. The van der Waals surface area contributed by atoms with Crippen LogP contribution >= 0.6 is 0 Å². The molecule has 6 N–H and O–H groups in total. The average Bonchev–Trinajstić information content (AvgIpc) is 3.43. The maximum atomic E-state index is 13.4. The van der Waals surface area contributed by atoms with Gasteiger partial charge in [-0.15, -0.1) is 0 Å². The van der Waals surface area contributed by atoms with Gasteiger partial charge in [-0.25, -0.2) is 0 Å². The molecule has 1 heterocycles. The third-order valence-electron chi connectivity index (χ3n) is 15.2. The number of unbranched alkanes of at least 4 members (excludes halogenated alkanes) is 35. The number of esters is 1. The first-order valence-electron chi connectivity index (χ1n) is 32.4. The van der Waals surface area contributed by atoms with E-state index < -0.39 is 67.4 Å². The van der Waals surface area contributed by atoms with Crippen LogP contribution in [0.4, 0.5) is 0 Å². The van der Waals surface area contributed by atoms with Crippen molar-refractivity contribution >= 4 is 11.9 Å². The predicted molar refractivity (Wildman–Crippen MR) is 320 cm³/mol. The summed E-state index contributed by atoms with van der Waals surface area (Å²) in [5.41, 5.74) is 0. The molecule has 11 nitrogen and oxygen atoms in total. The standard InChI is InChI=1S/C66H121NO10/c1-4-7-10-13-16-19-22-24-26-28-29-30-32-33-35-38-41-44-47-50-53-59(70)65(74)67-57(58(69)52-49-46-43-40-37-21-18-15-12-9-6-3)56-75-66-64(63(73)62(72)60(55-68)76-66)77-61(71)54-51-48-45-42-39-36-34-31-27-25-23-20-17-14-11-8-5-2/h16,19,24-27,49,52,57-60,62-64,66,68-70,72-73H,4-15,17-18,20-23,28-48,50-51,53-56H2,1-3H3,(H,67,74)/b19-16-,26-24-,27-25+,52-49+. The second-order valence-corrected chi connectivity index (χ2v) is 22.5. The van der Waals surface area contributed by atoms with Crippen LogP contribution in [0.2, 0.25) is 0 Å². The number of rotatable bonds is 55. The van der Waals surface area contributed by atoms with Gasteiger partial charge in [-0.2, -0.15) is 0 Å². The van der Waals surface area contributed by atoms with E-state index in [0.29, 0.717) is 12.8 Å². The summed E-state index contributed by atoms with van der Waals surface area (Å²) in [6.45, 7) is 5.77. The first-order valence-corrected chi connectivity index (χ1v) is 32.4. The lowest BCUT2D eigenvalue weighted by Gasteiger charge is -2.41. The first kappa shape index (κ1) is 72.6. The summed E-state index contributed by atoms with van der Waals surface area (Å²) in [6, 6.07) is -1.02. The Labute approximate surface area is 472 Å². The Morgan fingerprint density at radius 3 is 1.36 bits per heavy atom. The molecule has 77 heavy (non-hydrogen) atoms. The van der Waals surface area contributed by atoms with Crippen LogP contribution in [0, 0.1) is 0 Å². The molecule has 1 amide bonds. The number of ether oxygens (including phenoxy) is 3. The maximum absolute atomic E-state index is 13.4. The van der Waals surface area contributed by atoms with Crippen LogP contribution in [0.25, 0.3) is 0 Å². The molecular weight excluding hydrogens is 967 g/mol. The van der Waals surface area contributed by atoms with Crippen molar-refractivity contribution < 1.29 is 49.3 Å². The van der Waals surface area contributed by atoms with Gasteiger partial charge < -0.3 is 45.1 Å². The summed E-state index contributed by atoms with van der Waals surface area (Å²) in [7, 11) is 0. The molecule has 8 unspecified atom stereocenters. The molecule has 1 saturated heterocycles. The van der Waals surface area contributed by atoms with Crippen molar-refractivity contribution in [3.05, 3.63) is 48.6 Å². The smallest absolute Gasteiger partial charge is 0.306 e. The lowest BCUT2D eigenvalue weighted by atomic mass is 9.99. The number of carbonyl (C=O) groups excluding carboxylic acids is 2. The van der Waals surface area contributed by atoms with E-state index >= 15 is 0 Å². The number of hydrogen-bond acceptors (Lipinski definition) is 10. The van der Waals surface area contributed by atoms with Crippen LogP contribution in [0.5, 0.6) is 0 Å². The van der Waals surface area contributed by atoms with Gasteiger partial charge in [-0.05, 0) is 83.5 Å². The SMILES string of the molecule is CCCCC/C=C\C/C=C\CCCCCCCCCCCCC(O)C(=O)NC(COC1OC(CO)C(O)C(O)C1OC(=O)CCCCCCCCC/C=C/CCCCCCCC)C(O)/C=C/CCCCCCCCCCC. The van der Waals surface area contributed by atoms with E-state index in [1.165, 1.54) is 167 Å².